The number of phenols is 1. The number of phenolic OH excluding ortho intramolecular Hbond substituents is 1. The molecule has 194 valence electrons. The molecule has 0 bridgehead atoms. The number of fused-ring (bicyclic) bond motifs is 3. The Morgan fingerprint density at radius 3 is 2.57 bits per heavy atom. The van der Waals surface area contributed by atoms with E-state index in [2.05, 4.69) is 20.8 Å². The zero-order chi connectivity index (χ0) is 26.3. The summed E-state index contributed by atoms with van der Waals surface area (Å²) in [6, 6.07) is 13.6. The van der Waals surface area contributed by atoms with Crippen molar-refractivity contribution in [2.45, 2.75) is 52.6 Å². The Kier molecular flexibility index (Phi) is 7.04. The summed E-state index contributed by atoms with van der Waals surface area (Å²) in [5.74, 6) is -1.72. The Labute approximate surface area is 217 Å². The Morgan fingerprint density at radius 1 is 1.14 bits per heavy atom. The van der Waals surface area contributed by atoms with Crippen LogP contribution in [0.4, 0.5) is 10.1 Å². The number of halogens is 1. The fourth-order valence-electron chi connectivity index (χ4n) is 6.31. The number of hydrogen-bond donors (Lipinski definition) is 1. The molecule has 2 saturated heterocycles. The molecule has 1 N–H and O–H groups in total. The largest absolute Gasteiger partial charge is 0.505 e. The van der Waals surface area contributed by atoms with E-state index in [0.29, 0.717) is 18.7 Å². The molecule has 0 saturated carbocycles. The van der Waals surface area contributed by atoms with E-state index < -0.39 is 5.82 Å². The van der Waals surface area contributed by atoms with E-state index in [1.54, 1.807) is 6.07 Å². The van der Waals surface area contributed by atoms with Gasteiger partial charge in [-0.2, -0.15) is 0 Å². The van der Waals surface area contributed by atoms with E-state index in [1.807, 2.05) is 36.4 Å². The number of para-hydroxylation sites is 1. The van der Waals surface area contributed by atoms with Crippen LogP contribution in [0.3, 0.4) is 0 Å². The molecule has 0 radical (unpaired) electrons. The molecule has 1 aliphatic carbocycles. The van der Waals surface area contributed by atoms with Gasteiger partial charge >= 0.3 is 0 Å². The van der Waals surface area contributed by atoms with Gasteiger partial charge in [-0.05, 0) is 67.0 Å². The van der Waals surface area contributed by atoms with E-state index in [0.717, 1.165) is 24.8 Å². The van der Waals surface area contributed by atoms with E-state index in [1.165, 1.54) is 33.8 Å². The molecular formula is C31H34FNO4. The number of nitrogens with zero attached hydrogens (tertiary/aromatic N) is 1. The molecule has 37 heavy (non-hydrogen) atoms. The van der Waals surface area contributed by atoms with E-state index >= 15 is 0 Å². The maximum absolute atomic E-state index is 13.8. The zero-order valence-corrected chi connectivity index (χ0v) is 21.6. The molecule has 6 heteroatoms. The van der Waals surface area contributed by atoms with Crippen LogP contribution in [0.2, 0.25) is 0 Å². The van der Waals surface area contributed by atoms with Crippen LogP contribution in [0.25, 0.3) is 6.08 Å². The molecule has 5 nitrogen and oxygen atoms in total. The van der Waals surface area contributed by atoms with Crippen LogP contribution in [0.1, 0.15) is 52.0 Å². The second kappa shape index (κ2) is 10.3. The smallest absolute Gasteiger partial charge is 0.238 e. The molecule has 0 unspecified atom stereocenters. The Morgan fingerprint density at radius 2 is 1.89 bits per heavy atom. The van der Waals surface area contributed by atoms with Crippen molar-refractivity contribution in [2.75, 3.05) is 11.5 Å². The number of hydrogen-bond acceptors (Lipinski definition) is 4. The van der Waals surface area contributed by atoms with Gasteiger partial charge in [0.15, 0.2) is 11.6 Å². The Hall–Kier alpha value is -3.25. The number of anilines is 1. The highest BCUT2D eigenvalue weighted by Crippen LogP contribution is 2.52. The molecule has 5 rings (SSSR count). The van der Waals surface area contributed by atoms with Crippen molar-refractivity contribution < 1.29 is 23.8 Å². The third-order valence-corrected chi connectivity index (χ3v) is 8.18. The van der Waals surface area contributed by atoms with Crippen molar-refractivity contribution in [3.8, 4) is 5.75 Å². The predicted molar refractivity (Wildman–Crippen MR) is 141 cm³/mol. The average Bonchev–Trinajstić information content (AvgIpc) is 3.42. The number of carbonyl (C=O) groups is 2. The summed E-state index contributed by atoms with van der Waals surface area (Å²) in [4.78, 5) is 28.5. The van der Waals surface area contributed by atoms with Gasteiger partial charge < -0.3 is 9.84 Å². The molecule has 2 aromatic rings. The van der Waals surface area contributed by atoms with E-state index in [4.69, 9.17) is 4.74 Å². The van der Waals surface area contributed by atoms with Crippen molar-refractivity contribution in [1.82, 2.24) is 0 Å². The van der Waals surface area contributed by atoms with Crippen molar-refractivity contribution in [3.05, 3.63) is 76.6 Å². The third kappa shape index (κ3) is 4.63. The fourth-order valence-corrected chi connectivity index (χ4v) is 6.31. The third-order valence-electron chi connectivity index (χ3n) is 8.18. The lowest BCUT2D eigenvalue weighted by atomic mass is 9.67. The van der Waals surface area contributed by atoms with Crippen LogP contribution in [-0.4, -0.2) is 29.6 Å². The molecule has 0 spiro atoms. The van der Waals surface area contributed by atoms with Gasteiger partial charge in [0.05, 0.1) is 30.2 Å². The van der Waals surface area contributed by atoms with Crippen LogP contribution in [0.15, 0.2) is 65.3 Å². The molecule has 2 aliphatic heterocycles. The number of allylic oxidation sites excluding steroid dienone is 2. The van der Waals surface area contributed by atoms with Gasteiger partial charge in [-0.1, -0.05) is 62.3 Å². The maximum Gasteiger partial charge on any atom is 0.238 e. The van der Waals surface area contributed by atoms with Gasteiger partial charge in [0, 0.05) is 5.92 Å². The second-order valence-corrected chi connectivity index (χ2v) is 10.7. The first kappa shape index (κ1) is 25.4. The monoisotopic (exact) mass is 503 g/mol. The van der Waals surface area contributed by atoms with Crippen LogP contribution >= 0.6 is 0 Å². The van der Waals surface area contributed by atoms with Crippen LogP contribution in [-0.2, 0) is 14.3 Å². The Bertz CT molecular complexity index is 1270. The summed E-state index contributed by atoms with van der Waals surface area (Å²) < 4.78 is 20.1. The zero-order valence-electron chi connectivity index (χ0n) is 21.6. The normalized spacial score (nSPS) is 25.8. The SMILES string of the molecule is CC/C(=C\c1ccc(O)c(F)c1)CC[C@H]1OC[C@H]2C1=C(C(C)C)C[C@H]1C(=O)N(c3ccccc3)C(=O)[C@H]12. The van der Waals surface area contributed by atoms with Crippen molar-refractivity contribution in [2.24, 2.45) is 23.7 Å². The van der Waals surface area contributed by atoms with Gasteiger partial charge in [0.25, 0.3) is 0 Å². The topological polar surface area (TPSA) is 66.8 Å². The van der Waals surface area contributed by atoms with E-state index in [9.17, 15) is 19.1 Å². The van der Waals surface area contributed by atoms with Crippen molar-refractivity contribution in [3.63, 3.8) is 0 Å². The molecule has 2 fully saturated rings. The van der Waals surface area contributed by atoms with Crippen LogP contribution in [0, 0.1) is 29.5 Å². The van der Waals surface area contributed by atoms with Crippen LogP contribution < -0.4 is 4.90 Å². The number of ether oxygens (including phenoxy) is 1. The fraction of sp³-hybridized carbons (Fsp3) is 0.419. The van der Waals surface area contributed by atoms with Gasteiger partial charge in [-0.15, -0.1) is 0 Å². The first-order valence-electron chi connectivity index (χ1n) is 13.2. The molecule has 2 heterocycles. The van der Waals surface area contributed by atoms with Gasteiger partial charge in [0.1, 0.15) is 0 Å². The minimum atomic E-state index is -0.630. The molecule has 2 amide bonds. The summed E-state index contributed by atoms with van der Waals surface area (Å²) in [5, 5.41) is 9.48. The van der Waals surface area contributed by atoms with Crippen LogP contribution in [0.5, 0.6) is 5.75 Å². The minimum absolute atomic E-state index is 0.0773. The summed E-state index contributed by atoms with van der Waals surface area (Å²) >= 11 is 0. The highest BCUT2D eigenvalue weighted by atomic mass is 19.1. The van der Waals surface area contributed by atoms with Crippen molar-refractivity contribution in [1.29, 1.82) is 0 Å². The van der Waals surface area contributed by atoms with Crippen molar-refractivity contribution >= 4 is 23.6 Å². The highest BCUT2D eigenvalue weighted by molar-refractivity contribution is 6.22. The quantitative estimate of drug-likeness (QED) is 0.357. The molecule has 0 aromatic heterocycles. The van der Waals surface area contributed by atoms with Gasteiger partial charge in [-0.3, -0.25) is 14.5 Å². The molecule has 4 atom stereocenters. The molecule has 2 aromatic carbocycles. The lowest BCUT2D eigenvalue weighted by Gasteiger charge is -2.33. The standard InChI is InChI=1S/C31H34FNO4/c1-4-19(14-20-10-12-26(34)25(32)15-20)11-13-27-28-22(18(2)3)16-23-29(24(28)17-37-27)31(36)33(30(23)35)21-8-6-5-7-9-21/h5-10,12,14-15,18,23-24,27,29,34H,4,11,13,16-17H2,1-3H3/b19-14+/t23-,24+,27-,29-/m1/s1. The predicted octanol–water partition coefficient (Wildman–Crippen LogP) is 6.28. The molecule has 3 aliphatic rings. The number of imide groups is 1. The number of amides is 2. The van der Waals surface area contributed by atoms with E-state index in [-0.39, 0.29) is 47.3 Å². The second-order valence-electron chi connectivity index (χ2n) is 10.7. The lowest BCUT2D eigenvalue weighted by Crippen LogP contribution is -2.35. The summed E-state index contributed by atoms with van der Waals surface area (Å²) in [6.07, 6.45) is 4.85. The summed E-state index contributed by atoms with van der Waals surface area (Å²) in [7, 11) is 0. The number of rotatable bonds is 7. The first-order valence-corrected chi connectivity index (χ1v) is 13.2. The first-order chi connectivity index (χ1) is 17.8. The number of aromatic hydroxyl groups is 1. The number of carbonyl (C=O) groups excluding carboxylic acids is 2. The summed E-state index contributed by atoms with van der Waals surface area (Å²) in [5.41, 5.74) is 5.00. The van der Waals surface area contributed by atoms with Gasteiger partial charge in [-0.25, -0.2) is 4.39 Å². The average molecular weight is 504 g/mol. The number of benzene rings is 2. The Balaban J connectivity index is 1.39. The van der Waals surface area contributed by atoms with Gasteiger partial charge in [0.2, 0.25) is 11.8 Å². The maximum atomic E-state index is 13.8. The minimum Gasteiger partial charge on any atom is -0.505 e. The lowest BCUT2D eigenvalue weighted by molar-refractivity contribution is -0.122. The summed E-state index contributed by atoms with van der Waals surface area (Å²) in [6.45, 7) is 6.84. The molecular weight excluding hydrogens is 469 g/mol. The highest BCUT2D eigenvalue weighted by Gasteiger charge is 2.57.